The lowest BCUT2D eigenvalue weighted by molar-refractivity contribution is 0.530. The summed E-state index contributed by atoms with van der Waals surface area (Å²) in [6, 6.07) is 4.92. The zero-order valence-corrected chi connectivity index (χ0v) is 14.1. The molecule has 0 aliphatic heterocycles. The van der Waals surface area contributed by atoms with E-state index in [1.807, 2.05) is 7.05 Å². The fourth-order valence-electron chi connectivity index (χ4n) is 2.17. The van der Waals surface area contributed by atoms with Crippen molar-refractivity contribution in [3.8, 4) is 0 Å². The molecule has 0 radical (unpaired) electrons. The van der Waals surface area contributed by atoms with E-state index in [9.17, 15) is 4.39 Å². The molecule has 114 valence electrons. The molecule has 1 unspecified atom stereocenters. The molecule has 1 aromatic heterocycles. The van der Waals surface area contributed by atoms with Gasteiger partial charge in [-0.25, -0.2) is 4.39 Å². The van der Waals surface area contributed by atoms with Crippen LogP contribution in [0, 0.1) is 5.82 Å². The van der Waals surface area contributed by atoms with Crippen molar-refractivity contribution in [2.45, 2.75) is 38.6 Å². The van der Waals surface area contributed by atoms with Crippen LogP contribution in [0.3, 0.4) is 0 Å². The molecule has 0 aliphatic rings. The largest absolute Gasteiger partial charge is 0.312 e. The number of halogens is 2. The van der Waals surface area contributed by atoms with Gasteiger partial charge in [0.15, 0.2) is 0 Å². The van der Waals surface area contributed by atoms with Crippen LogP contribution in [0.2, 0.25) is 5.02 Å². The molecule has 3 nitrogen and oxygen atoms in total. The number of nitrogens with zero attached hydrogens (tertiary/aromatic N) is 2. The number of aromatic nitrogens is 2. The quantitative estimate of drug-likeness (QED) is 0.917. The number of likely N-dealkylation sites (N-methyl/N-ethyl adjacent to an activating group) is 1. The van der Waals surface area contributed by atoms with Crippen LogP contribution < -0.4 is 5.32 Å². The lowest BCUT2D eigenvalue weighted by Crippen LogP contribution is -2.23. The van der Waals surface area contributed by atoms with E-state index >= 15 is 0 Å². The Bertz CT molecular complexity index is 622. The zero-order chi connectivity index (χ0) is 15.6. The fraction of sp³-hybridized carbons (Fsp3) is 0.467. The monoisotopic (exact) mass is 327 g/mol. The predicted molar refractivity (Wildman–Crippen MR) is 85.5 cm³/mol. The molecular formula is C15H19ClFN3S. The van der Waals surface area contributed by atoms with Gasteiger partial charge >= 0.3 is 0 Å². The first kappa shape index (κ1) is 16.3. The summed E-state index contributed by atoms with van der Waals surface area (Å²) < 4.78 is 17.3. The van der Waals surface area contributed by atoms with Crippen LogP contribution in [0.4, 0.5) is 4.39 Å². The van der Waals surface area contributed by atoms with Crippen molar-refractivity contribution >= 4 is 23.1 Å². The first-order valence-corrected chi connectivity index (χ1v) is 7.92. The summed E-state index contributed by atoms with van der Waals surface area (Å²) in [6.45, 7) is 6.36. The van der Waals surface area contributed by atoms with Gasteiger partial charge in [-0.2, -0.15) is 0 Å². The molecule has 0 saturated heterocycles. The van der Waals surface area contributed by atoms with Crippen molar-refractivity contribution in [2.24, 2.45) is 0 Å². The highest BCUT2D eigenvalue weighted by atomic mass is 35.5. The highest BCUT2D eigenvalue weighted by Crippen LogP contribution is 2.32. The predicted octanol–water partition coefficient (Wildman–Crippen LogP) is 4.13. The van der Waals surface area contributed by atoms with Crippen molar-refractivity contribution in [1.29, 1.82) is 0 Å². The highest BCUT2D eigenvalue weighted by Gasteiger charge is 2.26. The van der Waals surface area contributed by atoms with Crippen LogP contribution in [-0.2, 0) is 11.8 Å². The number of nitrogens with one attached hydrogen (secondary N) is 1. The van der Waals surface area contributed by atoms with Crippen LogP contribution in [0.1, 0.15) is 42.9 Å². The van der Waals surface area contributed by atoms with Gasteiger partial charge in [-0.3, -0.25) is 0 Å². The van der Waals surface area contributed by atoms with Crippen molar-refractivity contribution in [2.75, 3.05) is 7.05 Å². The minimum Gasteiger partial charge on any atom is -0.312 e. The average Bonchev–Trinajstić information content (AvgIpc) is 2.89. The highest BCUT2D eigenvalue weighted by molar-refractivity contribution is 7.05. The summed E-state index contributed by atoms with van der Waals surface area (Å²) in [6.07, 6.45) is 0.712. The minimum absolute atomic E-state index is 0.0577. The van der Waals surface area contributed by atoms with Gasteiger partial charge in [0.1, 0.15) is 5.82 Å². The lowest BCUT2D eigenvalue weighted by Gasteiger charge is -2.21. The zero-order valence-electron chi connectivity index (χ0n) is 12.6. The summed E-state index contributed by atoms with van der Waals surface area (Å²) in [4.78, 5) is 1.12. The Labute approximate surface area is 133 Å². The normalized spacial score (nSPS) is 13.4. The van der Waals surface area contributed by atoms with Crippen LogP contribution in [0.15, 0.2) is 18.2 Å². The van der Waals surface area contributed by atoms with Crippen LogP contribution in [0.5, 0.6) is 0 Å². The van der Waals surface area contributed by atoms with Gasteiger partial charge < -0.3 is 5.32 Å². The summed E-state index contributed by atoms with van der Waals surface area (Å²) in [7, 11) is 1.90. The topological polar surface area (TPSA) is 37.8 Å². The van der Waals surface area contributed by atoms with Crippen LogP contribution >= 0.6 is 23.1 Å². The standard InChI is InChI=1S/C15H19ClFN3S/c1-15(2,3)14-13(21-20-19-14)12(18-4)8-9-5-6-11(17)10(16)7-9/h5-7,12,18H,8H2,1-4H3. The molecule has 0 spiro atoms. The Morgan fingerprint density at radius 2 is 2.10 bits per heavy atom. The van der Waals surface area contributed by atoms with E-state index in [1.165, 1.54) is 17.6 Å². The van der Waals surface area contributed by atoms with Gasteiger partial charge in [-0.1, -0.05) is 42.9 Å². The Morgan fingerprint density at radius 1 is 1.38 bits per heavy atom. The molecule has 0 fully saturated rings. The maximum absolute atomic E-state index is 13.2. The van der Waals surface area contributed by atoms with E-state index in [-0.39, 0.29) is 16.5 Å². The maximum Gasteiger partial charge on any atom is 0.141 e. The average molecular weight is 328 g/mol. The first-order valence-electron chi connectivity index (χ1n) is 6.77. The maximum atomic E-state index is 13.2. The summed E-state index contributed by atoms with van der Waals surface area (Å²) in [5.74, 6) is -0.392. The third-order valence-corrected chi connectivity index (χ3v) is 4.44. The van der Waals surface area contributed by atoms with Crippen LogP contribution in [-0.4, -0.2) is 16.6 Å². The second kappa shape index (κ2) is 6.38. The molecule has 2 aromatic rings. The summed E-state index contributed by atoms with van der Waals surface area (Å²) >= 11 is 7.26. The molecule has 1 heterocycles. The van der Waals surface area contributed by atoms with E-state index in [2.05, 4.69) is 35.7 Å². The molecule has 0 amide bonds. The molecule has 1 atom stereocenters. The molecule has 0 saturated carbocycles. The SMILES string of the molecule is CNC(Cc1ccc(F)c(Cl)c1)c1snnc1C(C)(C)C. The second-order valence-corrected chi connectivity index (χ2v) is 7.22. The molecule has 0 bridgehead atoms. The smallest absolute Gasteiger partial charge is 0.141 e. The second-order valence-electron chi connectivity index (χ2n) is 6.03. The first-order chi connectivity index (χ1) is 9.82. The molecule has 1 N–H and O–H groups in total. The number of benzene rings is 1. The van der Waals surface area contributed by atoms with E-state index in [4.69, 9.17) is 11.6 Å². The number of hydrogen-bond acceptors (Lipinski definition) is 4. The van der Waals surface area contributed by atoms with E-state index in [1.54, 1.807) is 12.1 Å². The van der Waals surface area contributed by atoms with Gasteiger partial charge in [0.05, 0.1) is 15.6 Å². The van der Waals surface area contributed by atoms with Gasteiger partial charge in [0.2, 0.25) is 0 Å². The Balaban J connectivity index is 2.28. The van der Waals surface area contributed by atoms with Crippen molar-refractivity contribution in [1.82, 2.24) is 14.9 Å². The number of rotatable bonds is 4. The Morgan fingerprint density at radius 3 is 2.67 bits per heavy atom. The van der Waals surface area contributed by atoms with E-state index in [0.717, 1.165) is 16.1 Å². The molecular weight excluding hydrogens is 309 g/mol. The lowest BCUT2D eigenvalue weighted by atomic mass is 9.89. The van der Waals surface area contributed by atoms with Gasteiger partial charge in [-0.15, -0.1) is 5.10 Å². The minimum atomic E-state index is -0.392. The van der Waals surface area contributed by atoms with Gasteiger partial charge in [0.25, 0.3) is 0 Å². The fourth-order valence-corrected chi connectivity index (χ4v) is 3.35. The van der Waals surface area contributed by atoms with Gasteiger partial charge in [0, 0.05) is 11.5 Å². The van der Waals surface area contributed by atoms with Gasteiger partial charge in [-0.05, 0) is 42.7 Å². The van der Waals surface area contributed by atoms with E-state index in [0.29, 0.717) is 6.42 Å². The molecule has 21 heavy (non-hydrogen) atoms. The molecule has 1 aromatic carbocycles. The Kier molecular flexibility index (Phi) is 4.96. The third-order valence-electron chi connectivity index (χ3n) is 3.31. The van der Waals surface area contributed by atoms with Crippen LogP contribution in [0.25, 0.3) is 0 Å². The van der Waals surface area contributed by atoms with Crippen molar-refractivity contribution in [3.63, 3.8) is 0 Å². The summed E-state index contributed by atoms with van der Waals surface area (Å²) in [5, 5.41) is 7.72. The van der Waals surface area contributed by atoms with Crippen molar-refractivity contribution < 1.29 is 4.39 Å². The van der Waals surface area contributed by atoms with Crippen molar-refractivity contribution in [3.05, 3.63) is 45.2 Å². The molecule has 6 heteroatoms. The summed E-state index contributed by atoms with van der Waals surface area (Å²) in [5.41, 5.74) is 1.92. The van der Waals surface area contributed by atoms with E-state index < -0.39 is 5.82 Å². The molecule has 0 aliphatic carbocycles. The third kappa shape index (κ3) is 3.78. The number of hydrogen-bond donors (Lipinski definition) is 1. The molecule has 2 rings (SSSR count). The Hall–Kier alpha value is -1.04.